The molecule has 0 spiro atoms. The number of hydrogen-bond acceptors (Lipinski definition) is 2. The Morgan fingerprint density at radius 1 is 1.20 bits per heavy atom. The van der Waals surface area contributed by atoms with E-state index >= 15 is 0 Å². The monoisotopic (exact) mass is 211 g/mol. The predicted molar refractivity (Wildman–Crippen MR) is 56.4 cm³/mol. The van der Waals surface area contributed by atoms with Crippen molar-refractivity contribution in [1.82, 2.24) is 5.32 Å². The molecule has 1 aliphatic carbocycles. The Morgan fingerprint density at radius 2 is 1.80 bits per heavy atom. The maximum Gasteiger partial charge on any atom is 0.328 e. The Balaban J connectivity index is 2.45. The fourth-order valence-corrected chi connectivity index (χ4v) is 1.94. The number of rotatable bonds is 3. The summed E-state index contributed by atoms with van der Waals surface area (Å²) in [6.07, 6.45) is 7.35. The van der Waals surface area contributed by atoms with Crippen molar-refractivity contribution in [3.8, 4) is 0 Å². The molecule has 0 heterocycles. The number of nitrogens with one attached hydrogen (secondary N) is 1. The summed E-state index contributed by atoms with van der Waals surface area (Å²) in [7, 11) is 0. The van der Waals surface area contributed by atoms with E-state index in [-0.39, 0.29) is 11.4 Å². The van der Waals surface area contributed by atoms with Crippen LogP contribution in [0.25, 0.3) is 0 Å². The van der Waals surface area contributed by atoms with E-state index in [1.807, 2.05) is 6.92 Å². The third kappa shape index (κ3) is 4.14. The first-order valence-corrected chi connectivity index (χ1v) is 5.25. The topological polar surface area (TPSA) is 66.4 Å². The van der Waals surface area contributed by atoms with Gasteiger partial charge in [0, 0.05) is 17.7 Å². The number of amides is 1. The van der Waals surface area contributed by atoms with Gasteiger partial charge < -0.3 is 10.4 Å². The van der Waals surface area contributed by atoms with Crippen LogP contribution in [0.5, 0.6) is 0 Å². The van der Waals surface area contributed by atoms with E-state index in [1.54, 1.807) is 0 Å². The fraction of sp³-hybridized carbons (Fsp3) is 0.636. The zero-order valence-electron chi connectivity index (χ0n) is 8.95. The van der Waals surface area contributed by atoms with Crippen molar-refractivity contribution in [3.63, 3.8) is 0 Å². The highest BCUT2D eigenvalue weighted by Gasteiger charge is 2.27. The molecule has 1 saturated carbocycles. The van der Waals surface area contributed by atoms with Crippen LogP contribution in [0, 0.1) is 0 Å². The first-order chi connectivity index (χ1) is 7.02. The van der Waals surface area contributed by atoms with E-state index < -0.39 is 5.97 Å². The molecule has 0 bridgehead atoms. The second-order valence-electron chi connectivity index (χ2n) is 4.28. The fourth-order valence-electron chi connectivity index (χ4n) is 1.94. The molecule has 0 atom stereocenters. The maximum absolute atomic E-state index is 11.4. The lowest BCUT2D eigenvalue weighted by molar-refractivity contribution is -0.131. The van der Waals surface area contributed by atoms with Gasteiger partial charge in [0.2, 0.25) is 5.91 Å². The van der Waals surface area contributed by atoms with Gasteiger partial charge in [-0.05, 0) is 19.8 Å². The van der Waals surface area contributed by atoms with Gasteiger partial charge in [0.25, 0.3) is 0 Å². The maximum atomic E-state index is 11.4. The molecule has 1 rings (SSSR count). The van der Waals surface area contributed by atoms with Gasteiger partial charge >= 0.3 is 5.97 Å². The molecular weight excluding hydrogens is 194 g/mol. The van der Waals surface area contributed by atoms with Crippen LogP contribution in [0.4, 0.5) is 0 Å². The van der Waals surface area contributed by atoms with Crippen molar-refractivity contribution < 1.29 is 14.7 Å². The Hall–Kier alpha value is -1.32. The Labute approximate surface area is 89.4 Å². The lowest BCUT2D eigenvalue weighted by Gasteiger charge is -2.34. The number of carboxylic acid groups (broad SMARTS) is 1. The van der Waals surface area contributed by atoms with Gasteiger partial charge in [-0.15, -0.1) is 0 Å². The van der Waals surface area contributed by atoms with E-state index in [0.717, 1.165) is 37.8 Å². The Bertz CT molecular complexity index is 278. The lowest BCUT2D eigenvalue weighted by Crippen LogP contribution is -2.46. The number of carboxylic acids is 1. The summed E-state index contributed by atoms with van der Waals surface area (Å²) in [5, 5.41) is 11.2. The minimum Gasteiger partial charge on any atom is -0.478 e. The molecule has 15 heavy (non-hydrogen) atoms. The second kappa shape index (κ2) is 4.96. The zero-order chi connectivity index (χ0) is 11.3. The molecule has 0 saturated heterocycles. The molecule has 0 aromatic carbocycles. The minimum absolute atomic E-state index is 0.155. The normalized spacial score (nSPS) is 20.1. The molecule has 1 amide bonds. The van der Waals surface area contributed by atoms with Crippen LogP contribution in [-0.2, 0) is 9.59 Å². The summed E-state index contributed by atoms with van der Waals surface area (Å²) in [6, 6.07) is 0. The Kier molecular flexibility index (Phi) is 3.88. The molecule has 0 radical (unpaired) electrons. The molecule has 0 unspecified atom stereocenters. The molecule has 84 valence electrons. The van der Waals surface area contributed by atoms with E-state index in [0.29, 0.717) is 0 Å². The van der Waals surface area contributed by atoms with Crippen molar-refractivity contribution >= 4 is 11.9 Å². The standard InChI is InChI=1S/C11H17NO3/c1-11(7-3-2-4-8-11)12-9(13)5-6-10(14)15/h5-6H,2-4,7-8H2,1H3,(H,12,13)(H,14,15). The molecule has 0 aromatic rings. The van der Waals surface area contributed by atoms with E-state index in [2.05, 4.69) is 5.32 Å². The number of carbonyl (C=O) groups is 2. The number of hydrogen-bond donors (Lipinski definition) is 2. The molecular formula is C11H17NO3. The van der Waals surface area contributed by atoms with Crippen molar-refractivity contribution in [2.24, 2.45) is 0 Å². The number of aliphatic carboxylic acids is 1. The highest BCUT2D eigenvalue weighted by Crippen LogP contribution is 2.27. The average Bonchev–Trinajstić information content (AvgIpc) is 2.15. The van der Waals surface area contributed by atoms with Crippen LogP contribution in [-0.4, -0.2) is 22.5 Å². The van der Waals surface area contributed by atoms with Crippen molar-refractivity contribution in [2.75, 3.05) is 0 Å². The largest absolute Gasteiger partial charge is 0.478 e. The SMILES string of the molecule is CC1(NC(=O)C=CC(=O)O)CCCCC1. The predicted octanol–water partition coefficient (Wildman–Crippen LogP) is 1.47. The quantitative estimate of drug-likeness (QED) is 0.694. The van der Waals surface area contributed by atoms with Crippen LogP contribution >= 0.6 is 0 Å². The van der Waals surface area contributed by atoms with Gasteiger partial charge in [0.05, 0.1) is 0 Å². The summed E-state index contributed by atoms with van der Waals surface area (Å²) < 4.78 is 0. The van der Waals surface area contributed by atoms with Gasteiger partial charge in [-0.1, -0.05) is 19.3 Å². The minimum atomic E-state index is -1.10. The third-order valence-electron chi connectivity index (χ3n) is 2.76. The summed E-state index contributed by atoms with van der Waals surface area (Å²) in [4.78, 5) is 21.6. The lowest BCUT2D eigenvalue weighted by atomic mass is 9.83. The molecule has 1 aliphatic rings. The summed E-state index contributed by atoms with van der Waals surface area (Å²) >= 11 is 0. The molecule has 4 nitrogen and oxygen atoms in total. The van der Waals surface area contributed by atoms with Crippen molar-refractivity contribution in [3.05, 3.63) is 12.2 Å². The number of carbonyl (C=O) groups excluding carboxylic acids is 1. The van der Waals surface area contributed by atoms with Crippen LogP contribution in [0.2, 0.25) is 0 Å². The van der Waals surface area contributed by atoms with Crippen molar-refractivity contribution in [2.45, 2.75) is 44.6 Å². The third-order valence-corrected chi connectivity index (χ3v) is 2.76. The summed E-state index contributed by atoms with van der Waals surface area (Å²) in [5.74, 6) is -1.42. The van der Waals surface area contributed by atoms with Gasteiger partial charge in [0.15, 0.2) is 0 Å². The van der Waals surface area contributed by atoms with Gasteiger partial charge in [-0.25, -0.2) is 4.79 Å². The highest BCUT2D eigenvalue weighted by molar-refractivity contribution is 5.94. The second-order valence-corrected chi connectivity index (χ2v) is 4.28. The summed E-state index contributed by atoms with van der Waals surface area (Å²) in [5.41, 5.74) is -0.155. The van der Waals surface area contributed by atoms with Crippen LogP contribution in [0.3, 0.4) is 0 Å². The molecule has 4 heteroatoms. The molecule has 0 aliphatic heterocycles. The zero-order valence-corrected chi connectivity index (χ0v) is 8.95. The van der Waals surface area contributed by atoms with Gasteiger partial charge in [-0.3, -0.25) is 4.79 Å². The Morgan fingerprint density at radius 3 is 2.33 bits per heavy atom. The smallest absolute Gasteiger partial charge is 0.328 e. The van der Waals surface area contributed by atoms with Gasteiger partial charge in [-0.2, -0.15) is 0 Å². The van der Waals surface area contributed by atoms with E-state index in [1.165, 1.54) is 6.42 Å². The average molecular weight is 211 g/mol. The highest BCUT2D eigenvalue weighted by atomic mass is 16.4. The molecule has 1 fully saturated rings. The molecule has 2 N–H and O–H groups in total. The van der Waals surface area contributed by atoms with E-state index in [4.69, 9.17) is 5.11 Å². The van der Waals surface area contributed by atoms with E-state index in [9.17, 15) is 9.59 Å². The van der Waals surface area contributed by atoms with Crippen LogP contribution < -0.4 is 5.32 Å². The van der Waals surface area contributed by atoms with Crippen LogP contribution in [0.15, 0.2) is 12.2 Å². The molecule has 0 aromatic heterocycles. The van der Waals surface area contributed by atoms with Crippen LogP contribution in [0.1, 0.15) is 39.0 Å². The van der Waals surface area contributed by atoms with Gasteiger partial charge in [0.1, 0.15) is 0 Å². The first-order valence-electron chi connectivity index (χ1n) is 5.25. The van der Waals surface area contributed by atoms with Crippen molar-refractivity contribution in [1.29, 1.82) is 0 Å². The first kappa shape index (κ1) is 11.8. The summed E-state index contributed by atoms with van der Waals surface area (Å²) in [6.45, 7) is 2.01.